The van der Waals surface area contributed by atoms with Gasteiger partial charge in [-0.25, -0.2) is 10.2 Å². The monoisotopic (exact) mass is 338 g/mol. The Kier molecular flexibility index (Phi) is 4.62. The van der Waals surface area contributed by atoms with Gasteiger partial charge in [-0.3, -0.25) is 0 Å². The molecule has 0 aliphatic carbocycles. The molecule has 2 N–H and O–H groups in total. The molecule has 106 valence electrons. The van der Waals surface area contributed by atoms with E-state index in [1.54, 1.807) is 19.2 Å². The van der Waals surface area contributed by atoms with Crippen molar-refractivity contribution in [3.05, 3.63) is 57.8 Å². The standard InChI is InChI=1S/C15H16BrFN2O/c1-10-4-3-5-14(19(2)18)12(10)9-20-15-8-11(16)6-7-13(15)17/h3-8H,9,18H2,1-2H3. The molecule has 0 saturated heterocycles. The van der Waals surface area contributed by atoms with Crippen molar-refractivity contribution in [2.75, 3.05) is 12.1 Å². The highest BCUT2D eigenvalue weighted by Gasteiger charge is 2.10. The summed E-state index contributed by atoms with van der Waals surface area (Å²) in [6, 6.07) is 10.4. The molecule has 0 amide bonds. The van der Waals surface area contributed by atoms with Crippen LogP contribution in [0.3, 0.4) is 0 Å². The van der Waals surface area contributed by atoms with Gasteiger partial charge in [0.2, 0.25) is 0 Å². The van der Waals surface area contributed by atoms with Gasteiger partial charge in [0.05, 0.1) is 5.69 Å². The Hall–Kier alpha value is -1.59. The molecule has 0 saturated carbocycles. The molecule has 0 radical (unpaired) electrons. The summed E-state index contributed by atoms with van der Waals surface area (Å²) in [4.78, 5) is 0. The number of ether oxygens (including phenoxy) is 1. The summed E-state index contributed by atoms with van der Waals surface area (Å²) >= 11 is 3.30. The molecular weight excluding hydrogens is 323 g/mol. The lowest BCUT2D eigenvalue weighted by atomic mass is 10.1. The van der Waals surface area contributed by atoms with E-state index in [0.717, 1.165) is 21.3 Å². The highest BCUT2D eigenvalue weighted by Crippen LogP contribution is 2.26. The van der Waals surface area contributed by atoms with Crippen LogP contribution in [0, 0.1) is 12.7 Å². The molecule has 20 heavy (non-hydrogen) atoms. The smallest absolute Gasteiger partial charge is 0.165 e. The van der Waals surface area contributed by atoms with Crippen molar-refractivity contribution >= 4 is 21.6 Å². The molecule has 0 aromatic heterocycles. The number of hydrazine groups is 1. The molecule has 0 unspecified atom stereocenters. The number of benzene rings is 2. The number of nitrogens with zero attached hydrogens (tertiary/aromatic N) is 1. The highest BCUT2D eigenvalue weighted by atomic mass is 79.9. The minimum atomic E-state index is -0.385. The molecular formula is C15H16BrFN2O. The van der Waals surface area contributed by atoms with Crippen molar-refractivity contribution < 1.29 is 9.13 Å². The zero-order valence-corrected chi connectivity index (χ0v) is 12.9. The van der Waals surface area contributed by atoms with Crippen molar-refractivity contribution in [2.24, 2.45) is 5.84 Å². The Morgan fingerprint density at radius 3 is 2.75 bits per heavy atom. The Bertz CT molecular complexity index is 617. The number of halogens is 2. The van der Waals surface area contributed by atoms with E-state index in [1.807, 2.05) is 25.1 Å². The van der Waals surface area contributed by atoms with Gasteiger partial charge in [0.1, 0.15) is 6.61 Å². The van der Waals surface area contributed by atoms with Crippen LogP contribution in [0.2, 0.25) is 0 Å². The summed E-state index contributed by atoms with van der Waals surface area (Å²) in [5.41, 5.74) is 2.85. The number of rotatable bonds is 4. The van der Waals surface area contributed by atoms with E-state index >= 15 is 0 Å². The third kappa shape index (κ3) is 3.29. The molecule has 0 bridgehead atoms. The summed E-state index contributed by atoms with van der Waals surface area (Å²) in [6.07, 6.45) is 0. The first-order chi connectivity index (χ1) is 9.49. The summed E-state index contributed by atoms with van der Waals surface area (Å²) in [5.74, 6) is 5.63. The van der Waals surface area contributed by atoms with Crippen LogP contribution in [0.1, 0.15) is 11.1 Å². The zero-order chi connectivity index (χ0) is 14.7. The molecule has 5 heteroatoms. The summed E-state index contributed by atoms with van der Waals surface area (Å²) in [6.45, 7) is 2.24. The largest absolute Gasteiger partial charge is 0.486 e. The van der Waals surface area contributed by atoms with Gasteiger partial charge in [-0.15, -0.1) is 0 Å². The first kappa shape index (κ1) is 14.8. The van der Waals surface area contributed by atoms with Gasteiger partial charge in [0, 0.05) is 17.1 Å². The van der Waals surface area contributed by atoms with Crippen LogP contribution in [-0.2, 0) is 6.61 Å². The fourth-order valence-corrected chi connectivity index (χ4v) is 2.28. The van der Waals surface area contributed by atoms with Gasteiger partial charge in [0.15, 0.2) is 11.6 Å². The van der Waals surface area contributed by atoms with Gasteiger partial charge in [-0.2, -0.15) is 0 Å². The number of anilines is 1. The molecule has 2 rings (SSSR count). The van der Waals surface area contributed by atoms with Crippen LogP contribution in [0.25, 0.3) is 0 Å². The van der Waals surface area contributed by atoms with Crippen LogP contribution in [0.4, 0.5) is 10.1 Å². The van der Waals surface area contributed by atoms with Gasteiger partial charge in [-0.1, -0.05) is 28.1 Å². The normalized spacial score (nSPS) is 10.4. The average Bonchev–Trinajstić information content (AvgIpc) is 2.40. The molecule has 0 heterocycles. The maximum atomic E-state index is 13.7. The van der Waals surface area contributed by atoms with E-state index in [-0.39, 0.29) is 18.2 Å². The van der Waals surface area contributed by atoms with Crippen molar-refractivity contribution in [2.45, 2.75) is 13.5 Å². The summed E-state index contributed by atoms with van der Waals surface area (Å²) in [7, 11) is 1.76. The molecule has 3 nitrogen and oxygen atoms in total. The van der Waals surface area contributed by atoms with E-state index < -0.39 is 0 Å². The molecule has 2 aromatic rings. The van der Waals surface area contributed by atoms with Gasteiger partial charge in [-0.05, 0) is 36.8 Å². The number of nitrogens with two attached hydrogens (primary N) is 1. The maximum Gasteiger partial charge on any atom is 0.165 e. The first-order valence-corrected chi connectivity index (χ1v) is 6.93. The fraction of sp³-hybridized carbons (Fsp3) is 0.200. The second-order valence-corrected chi connectivity index (χ2v) is 5.46. The Morgan fingerprint density at radius 1 is 1.30 bits per heavy atom. The van der Waals surface area contributed by atoms with Crippen molar-refractivity contribution in [3.63, 3.8) is 0 Å². The molecule has 0 spiro atoms. The minimum Gasteiger partial charge on any atom is -0.486 e. The quantitative estimate of drug-likeness (QED) is 0.680. The van der Waals surface area contributed by atoms with Gasteiger partial charge < -0.3 is 9.75 Å². The predicted octanol–water partition coefficient (Wildman–Crippen LogP) is 3.79. The second kappa shape index (κ2) is 6.24. The average molecular weight is 339 g/mol. The zero-order valence-electron chi connectivity index (χ0n) is 11.4. The number of aryl methyl sites for hydroxylation is 1. The SMILES string of the molecule is Cc1cccc(N(C)N)c1COc1cc(Br)ccc1F. The summed E-state index contributed by atoms with van der Waals surface area (Å²) < 4.78 is 20.0. The topological polar surface area (TPSA) is 38.5 Å². The molecule has 0 atom stereocenters. The van der Waals surface area contributed by atoms with Crippen LogP contribution in [0.15, 0.2) is 40.9 Å². The maximum absolute atomic E-state index is 13.7. The Balaban J connectivity index is 2.25. The van der Waals surface area contributed by atoms with Gasteiger partial charge in [0.25, 0.3) is 0 Å². The third-order valence-electron chi connectivity index (χ3n) is 3.03. The third-order valence-corrected chi connectivity index (χ3v) is 3.52. The molecule has 2 aromatic carbocycles. The van der Waals surface area contributed by atoms with E-state index in [9.17, 15) is 4.39 Å². The molecule has 0 aliphatic heterocycles. The number of hydrogen-bond donors (Lipinski definition) is 1. The van der Waals surface area contributed by atoms with Gasteiger partial charge >= 0.3 is 0 Å². The van der Waals surface area contributed by atoms with Crippen LogP contribution in [-0.4, -0.2) is 7.05 Å². The van der Waals surface area contributed by atoms with E-state index in [0.29, 0.717) is 0 Å². The Labute approximate surface area is 126 Å². The first-order valence-electron chi connectivity index (χ1n) is 6.14. The predicted molar refractivity (Wildman–Crippen MR) is 82.2 cm³/mol. The molecule has 0 fully saturated rings. The van der Waals surface area contributed by atoms with Crippen molar-refractivity contribution in [1.82, 2.24) is 0 Å². The lowest BCUT2D eigenvalue weighted by molar-refractivity contribution is 0.289. The van der Waals surface area contributed by atoms with Crippen molar-refractivity contribution in [1.29, 1.82) is 0 Å². The van der Waals surface area contributed by atoms with Crippen molar-refractivity contribution in [3.8, 4) is 5.75 Å². The second-order valence-electron chi connectivity index (χ2n) is 4.55. The van der Waals surface area contributed by atoms with E-state index in [1.165, 1.54) is 11.1 Å². The molecule has 0 aliphatic rings. The lowest BCUT2D eigenvalue weighted by Gasteiger charge is -2.19. The fourth-order valence-electron chi connectivity index (χ4n) is 1.94. The number of hydrogen-bond acceptors (Lipinski definition) is 3. The lowest BCUT2D eigenvalue weighted by Crippen LogP contribution is -2.26. The van der Waals surface area contributed by atoms with Crippen LogP contribution >= 0.6 is 15.9 Å². The Morgan fingerprint density at radius 2 is 2.05 bits per heavy atom. The van der Waals surface area contributed by atoms with E-state index in [2.05, 4.69) is 15.9 Å². The highest BCUT2D eigenvalue weighted by molar-refractivity contribution is 9.10. The van der Waals surface area contributed by atoms with Crippen LogP contribution < -0.4 is 15.6 Å². The summed E-state index contributed by atoms with van der Waals surface area (Å²) in [5, 5.41) is 1.53. The van der Waals surface area contributed by atoms with Crippen LogP contribution in [0.5, 0.6) is 5.75 Å². The van der Waals surface area contributed by atoms with E-state index in [4.69, 9.17) is 10.6 Å². The minimum absolute atomic E-state index is 0.216.